The molecule has 0 saturated carbocycles. The van der Waals surface area contributed by atoms with E-state index in [4.69, 9.17) is 0 Å². The second-order valence-corrected chi connectivity index (χ2v) is 4.49. The number of carbonyl (C=O) groups excluding carboxylic acids is 3. The highest BCUT2D eigenvalue weighted by molar-refractivity contribution is 6.17. The van der Waals surface area contributed by atoms with Gasteiger partial charge in [0.1, 0.15) is 5.57 Å². The number of nitrogens with one attached hydrogen (secondary N) is 1. The van der Waals surface area contributed by atoms with Gasteiger partial charge in [-0.15, -0.1) is 0 Å². The molecule has 0 radical (unpaired) electrons. The van der Waals surface area contributed by atoms with E-state index in [0.29, 0.717) is 6.54 Å². The molecule has 0 aromatic heterocycles. The second kappa shape index (κ2) is 8.61. The normalized spacial score (nSPS) is 11.2. The monoisotopic (exact) mass is 305 g/mol. The van der Waals surface area contributed by atoms with Crippen LogP contribution >= 0.6 is 0 Å². The first kappa shape index (κ1) is 17.4. The number of ketones is 1. The van der Waals surface area contributed by atoms with E-state index in [-0.39, 0.29) is 17.7 Å². The average Bonchev–Trinajstić information content (AvgIpc) is 2.52. The highest BCUT2D eigenvalue weighted by atomic mass is 16.5. The molecule has 0 aliphatic heterocycles. The Morgan fingerprint density at radius 2 is 1.68 bits per heavy atom. The Morgan fingerprint density at radius 3 is 2.18 bits per heavy atom. The van der Waals surface area contributed by atoms with E-state index >= 15 is 0 Å². The van der Waals surface area contributed by atoms with Gasteiger partial charge in [0.05, 0.1) is 20.6 Å². The number of benzene rings is 1. The van der Waals surface area contributed by atoms with Crippen molar-refractivity contribution in [1.29, 1.82) is 0 Å². The highest BCUT2D eigenvalue weighted by Crippen LogP contribution is 2.12. The zero-order valence-corrected chi connectivity index (χ0v) is 12.8. The molecule has 0 fully saturated rings. The Kier molecular flexibility index (Phi) is 6.82. The lowest BCUT2D eigenvalue weighted by Gasteiger charge is -2.14. The quantitative estimate of drug-likeness (QED) is 0.354. The molecule has 0 aliphatic rings. The van der Waals surface area contributed by atoms with Crippen LogP contribution in [0.2, 0.25) is 0 Å². The Morgan fingerprint density at radius 1 is 1.05 bits per heavy atom. The van der Waals surface area contributed by atoms with Gasteiger partial charge < -0.3 is 14.8 Å². The first-order valence-electron chi connectivity index (χ1n) is 6.66. The molecule has 0 saturated heterocycles. The summed E-state index contributed by atoms with van der Waals surface area (Å²) in [7, 11) is 2.42. The molecular weight excluding hydrogens is 286 g/mol. The molecular formula is C16H19NO5. The number of esters is 2. The standard InChI is InChI=1S/C16H19NO5/c1-11(18)15(16(20)22-3)13(9-14(19)21-2)17-10-12-7-5-4-6-8-12/h4-8,17H,9-10H2,1-3H3. The summed E-state index contributed by atoms with van der Waals surface area (Å²) in [6.45, 7) is 1.61. The number of rotatable bonds is 7. The Bertz CT molecular complexity index is 577. The summed E-state index contributed by atoms with van der Waals surface area (Å²) in [4.78, 5) is 35.0. The summed E-state index contributed by atoms with van der Waals surface area (Å²) in [6, 6.07) is 9.38. The fourth-order valence-corrected chi connectivity index (χ4v) is 1.84. The van der Waals surface area contributed by atoms with Crippen LogP contribution in [0, 0.1) is 0 Å². The smallest absolute Gasteiger partial charge is 0.343 e. The number of hydrogen-bond acceptors (Lipinski definition) is 6. The first-order chi connectivity index (χ1) is 10.5. The maximum atomic E-state index is 11.8. The number of ether oxygens (including phenoxy) is 2. The molecule has 1 aromatic rings. The SMILES string of the molecule is COC(=O)CC(NCc1ccccc1)=C(C(C)=O)C(=O)OC. The fourth-order valence-electron chi connectivity index (χ4n) is 1.84. The second-order valence-electron chi connectivity index (χ2n) is 4.49. The topological polar surface area (TPSA) is 81.7 Å². The van der Waals surface area contributed by atoms with Crippen LogP contribution in [0.3, 0.4) is 0 Å². The van der Waals surface area contributed by atoms with Crippen molar-refractivity contribution in [3.8, 4) is 0 Å². The van der Waals surface area contributed by atoms with Gasteiger partial charge in [-0.2, -0.15) is 0 Å². The molecule has 1 aromatic carbocycles. The van der Waals surface area contributed by atoms with E-state index in [0.717, 1.165) is 5.56 Å². The lowest BCUT2D eigenvalue weighted by atomic mass is 10.1. The average molecular weight is 305 g/mol. The molecule has 22 heavy (non-hydrogen) atoms. The van der Waals surface area contributed by atoms with Gasteiger partial charge in [-0.05, 0) is 12.5 Å². The van der Waals surface area contributed by atoms with Gasteiger partial charge in [0, 0.05) is 12.2 Å². The van der Waals surface area contributed by atoms with Crippen LogP contribution in [0.1, 0.15) is 18.9 Å². The van der Waals surface area contributed by atoms with Crippen LogP contribution in [0.4, 0.5) is 0 Å². The van der Waals surface area contributed by atoms with E-state index in [2.05, 4.69) is 14.8 Å². The van der Waals surface area contributed by atoms with Crippen LogP contribution in [0.5, 0.6) is 0 Å². The number of methoxy groups -OCH3 is 2. The number of hydrogen-bond donors (Lipinski definition) is 1. The molecule has 1 rings (SSSR count). The molecule has 6 nitrogen and oxygen atoms in total. The van der Waals surface area contributed by atoms with Crippen molar-refractivity contribution in [3.05, 3.63) is 47.2 Å². The van der Waals surface area contributed by atoms with Crippen molar-refractivity contribution in [2.24, 2.45) is 0 Å². The fraction of sp³-hybridized carbons (Fsp3) is 0.312. The highest BCUT2D eigenvalue weighted by Gasteiger charge is 2.22. The predicted octanol–water partition coefficient (Wildman–Crippen LogP) is 1.36. The molecule has 0 atom stereocenters. The summed E-state index contributed by atoms with van der Waals surface area (Å²) in [6.07, 6.45) is -0.215. The molecule has 0 heterocycles. The molecule has 1 N–H and O–H groups in total. The van der Waals surface area contributed by atoms with Gasteiger partial charge in [0.15, 0.2) is 5.78 Å². The van der Waals surface area contributed by atoms with Crippen LogP contribution in [0.25, 0.3) is 0 Å². The summed E-state index contributed by atoms with van der Waals surface area (Å²) in [5.74, 6) is -1.82. The first-order valence-corrected chi connectivity index (χ1v) is 6.66. The Labute approximate surface area is 129 Å². The zero-order valence-electron chi connectivity index (χ0n) is 12.8. The van der Waals surface area contributed by atoms with Crippen molar-refractivity contribution >= 4 is 17.7 Å². The summed E-state index contributed by atoms with van der Waals surface area (Å²) >= 11 is 0. The van der Waals surface area contributed by atoms with Crippen molar-refractivity contribution in [1.82, 2.24) is 5.32 Å². The van der Waals surface area contributed by atoms with Gasteiger partial charge >= 0.3 is 11.9 Å². The molecule has 0 bridgehead atoms. The largest absolute Gasteiger partial charge is 0.469 e. The predicted molar refractivity (Wildman–Crippen MR) is 79.6 cm³/mol. The van der Waals surface area contributed by atoms with Crippen LogP contribution < -0.4 is 5.32 Å². The van der Waals surface area contributed by atoms with E-state index in [1.54, 1.807) is 0 Å². The molecule has 0 spiro atoms. The maximum Gasteiger partial charge on any atom is 0.343 e. The molecule has 6 heteroatoms. The van der Waals surface area contributed by atoms with E-state index in [1.807, 2.05) is 30.3 Å². The maximum absolute atomic E-state index is 11.8. The minimum atomic E-state index is -0.785. The molecule has 0 amide bonds. The van der Waals surface area contributed by atoms with Gasteiger partial charge in [0.2, 0.25) is 0 Å². The Balaban J connectivity index is 3.07. The van der Waals surface area contributed by atoms with Crippen molar-refractivity contribution < 1.29 is 23.9 Å². The summed E-state index contributed by atoms with van der Waals surface area (Å²) in [5, 5.41) is 2.96. The van der Waals surface area contributed by atoms with Crippen LogP contribution in [-0.2, 0) is 30.4 Å². The number of carbonyl (C=O) groups is 3. The third-order valence-corrected chi connectivity index (χ3v) is 2.94. The Hall–Kier alpha value is -2.63. The van der Waals surface area contributed by atoms with Gasteiger partial charge in [-0.3, -0.25) is 9.59 Å². The zero-order chi connectivity index (χ0) is 16.5. The van der Waals surface area contributed by atoms with Gasteiger partial charge in [-0.25, -0.2) is 4.79 Å². The van der Waals surface area contributed by atoms with Crippen LogP contribution in [0.15, 0.2) is 41.6 Å². The van der Waals surface area contributed by atoms with E-state index in [1.165, 1.54) is 21.1 Å². The third kappa shape index (κ3) is 5.05. The van der Waals surface area contributed by atoms with Gasteiger partial charge in [-0.1, -0.05) is 30.3 Å². The minimum Gasteiger partial charge on any atom is -0.469 e. The van der Waals surface area contributed by atoms with Crippen LogP contribution in [-0.4, -0.2) is 31.9 Å². The lowest BCUT2D eigenvalue weighted by Crippen LogP contribution is -2.25. The molecule has 118 valence electrons. The van der Waals surface area contributed by atoms with E-state index < -0.39 is 17.7 Å². The summed E-state index contributed by atoms with van der Waals surface area (Å²) < 4.78 is 9.21. The lowest BCUT2D eigenvalue weighted by molar-refractivity contribution is -0.139. The minimum absolute atomic E-state index is 0.177. The summed E-state index contributed by atoms with van der Waals surface area (Å²) in [5.41, 5.74) is 0.955. The molecule has 0 aliphatic carbocycles. The van der Waals surface area contributed by atoms with Crippen molar-refractivity contribution in [2.75, 3.05) is 14.2 Å². The number of Topliss-reactive ketones (excluding diaryl/α,β-unsaturated/α-hetero) is 1. The van der Waals surface area contributed by atoms with E-state index in [9.17, 15) is 14.4 Å². The van der Waals surface area contributed by atoms with Crippen molar-refractivity contribution in [3.63, 3.8) is 0 Å². The molecule has 0 unspecified atom stereocenters. The third-order valence-electron chi connectivity index (χ3n) is 2.94. The van der Waals surface area contributed by atoms with Crippen molar-refractivity contribution in [2.45, 2.75) is 19.9 Å². The van der Waals surface area contributed by atoms with Gasteiger partial charge in [0.25, 0.3) is 0 Å².